The molecule has 0 spiro atoms. The summed E-state index contributed by atoms with van der Waals surface area (Å²) < 4.78 is 5.28. The van der Waals surface area contributed by atoms with Crippen LogP contribution in [0.5, 0.6) is 0 Å². The Morgan fingerprint density at radius 2 is 2.12 bits per heavy atom. The van der Waals surface area contributed by atoms with Gasteiger partial charge >= 0.3 is 0 Å². The van der Waals surface area contributed by atoms with E-state index in [1.807, 2.05) is 12.1 Å². The molecular weight excluding hydrogens is 240 g/mol. The average Bonchev–Trinajstić information content (AvgIpc) is 3.01. The van der Waals surface area contributed by atoms with Crippen molar-refractivity contribution in [1.29, 1.82) is 0 Å². The van der Waals surface area contributed by atoms with Crippen molar-refractivity contribution in [3.05, 3.63) is 30.4 Å². The first kappa shape index (κ1) is 12.0. The lowest BCUT2D eigenvalue weighted by Crippen LogP contribution is -2.08. The number of aromatic nitrogens is 3. The highest BCUT2D eigenvalue weighted by molar-refractivity contribution is 5.85. The third-order valence-corrected chi connectivity index (χ3v) is 2.79. The molecule has 0 radical (unpaired) electrons. The fraction of sp³-hybridized carbons (Fsp3) is 0.364. The molecule has 6 heteroatoms. The minimum atomic E-state index is 0. The molecule has 17 heavy (non-hydrogen) atoms. The normalized spacial score (nSPS) is 18.9. The van der Waals surface area contributed by atoms with Crippen LogP contribution in [0.4, 0.5) is 0 Å². The van der Waals surface area contributed by atoms with Crippen molar-refractivity contribution in [3.63, 3.8) is 0 Å². The number of nitrogens with zero attached hydrogens (tertiary/aromatic N) is 3. The van der Waals surface area contributed by atoms with Gasteiger partial charge in [-0.3, -0.25) is 4.98 Å². The van der Waals surface area contributed by atoms with Crippen molar-refractivity contribution in [1.82, 2.24) is 20.4 Å². The van der Waals surface area contributed by atoms with E-state index in [1.165, 1.54) is 0 Å². The van der Waals surface area contributed by atoms with E-state index >= 15 is 0 Å². The average molecular weight is 253 g/mol. The number of pyridine rings is 1. The highest BCUT2D eigenvalue weighted by Gasteiger charge is 2.22. The standard InChI is InChI=1S/C11H12N4O.ClH/c1-4-12-5-2-8(1)10-14-11(16-15-10)9-3-6-13-7-9;/h1-2,4-5,9,13H,3,6-7H2;1H/t9-;/m1./s1. The lowest BCUT2D eigenvalue weighted by molar-refractivity contribution is 0.359. The Labute approximate surface area is 105 Å². The summed E-state index contributed by atoms with van der Waals surface area (Å²) >= 11 is 0. The topological polar surface area (TPSA) is 63.8 Å². The van der Waals surface area contributed by atoms with Crippen molar-refractivity contribution in [3.8, 4) is 11.4 Å². The van der Waals surface area contributed by atoms with E-state index in [4.69, 9.17) is 4.52 Å². The van der Waals surface area contributed by atoms with E-state index in [0.717, 1.165) is 31.0 Å². The van der Waals surface area contributed by atoms with Crippen molar-refractivity contribution in [2.24, 2.45) is 0 Å². The van der Waals surface area contributed by atoms with Gasteiger partial charge in [0.1, 0.15) is 0 Å². The maximum Gasteiger partial charge on any atom is 0.231 e. The number of rotatable bonds is 2. The Kier molecular flexibility index (Phi) is 3.71. The number of hydrogen-bond acceptors (Lipinski definition) is 5. The Bertz CT molecular complexity index is 467. The van der Waals surface area contributed by atoms with E-state index in [-0.39, 0.29) is 12.4 Å². The first-order valence-corrected chi connectivity index (χ1v) is 5.38. The first-order valence-electron chi connectivity index (χ1n) is 5.38. The van der Waals surface area contributed by atoms with Crippen LogP contribution in [0.25, 0.3) is 11.4 Å². The molecule has 0 bridgehead atoms. The fourth-order valence-electron chi connectivity index (χ4n) is 1.88. The molecule has 90 valence electrons. The summed E-state index contributed by atoms with van der Waals surface area (Å²) in [6.07, 6.45) is 4.52. The van der Waals surface area contributed by atoms with Crippen LogP contribution in [-0.4, -0.2) is 28.2 Å². The molecule has 0 aromatic carbocycles. The minimum absolute atomic E-state index is 0. The molecule has 2 aromatic heterocycles. The van der Waals surface area contributed by atoms with Gasteiger partial charge in [-0.15, -0.1) is 12.4 Å². The Hall–Kier alpha value is -1.46. The molecule has 1 N–H and O–H groups in total. The van der Waals surface area contributed by atoms with Gasteiger partial charge in [-0.2, -0.15) is 4.98 Å². The van der Waals surface area contributed by atoms with Gasteiger partial charge < -0.3 is 9.84 Å². The quantitative estimate of drug-likeness (QED) is 0.880. The van der Waals surface area contributed by atoms with Crippen molar-refractivity contribution in [2.45, 2.75) is 12.3 Å². The van der Waals surface area contributed by atoms with Gasteiger partial charge in [0.15, 0.2) is 0 Å². The zero-order valence-corrected chi connectivity index (χ0v) is 9.98. The molecule has 1 atom stereocenters. The van der Waals surface area contributed by atoms with Gasteiger partial charge in [0, 0.05) is 24.5 Å². The third-order valence-electron chi connectivity index (χ3n) is 2.79. The van der Waals surface area contributed by atoms with Crippen LogP contribution in [0.3, 0.4) is 0 Å². The molecule has 5 nitrogen and oxygen atoms in total. The van der Waals surface area contributed by atoms with Crippen LogP contribution < -0.4 is 5.32 Å². The summed E-state index contributed by atoms with van der Waals surface area (Å²) in [5, 5.41) is 7.27. The van der Waals surface area contributed by atoms with Gasteiger partial charge in [-0.05, 0) is 25.1 Å². The maximum atomic E-state index is 5.28. The highest BCUT2D eigenvalue weighted by Crippen LogP contribution is 2.23. The van der Waals surface area contributed by atoms with E-state index < -0.39 is 0 Å². The molecular formula is C11H13ClN4O. The van der Waals surface area contributed by atoms with Crippen LogP contribution in [0.2, 0.25) is 0 Å². The van der Waals surface area contributed by atoms with Crippen molar-refractivity contribution >= 4 is 12.4 Å². The maximum absolute atomic E-state index is 5.28. The fourth-order valence-corrected chi connectivity index (χ4v) is 1.88. The highest BCUT2D eigenvalue weighted by atomic mass is 35.5. The van der Waals surface area contributed by atoms with Crippen LogP contribution in [-0.2, 0) is 0 Å². The summed E-state index contributed by atoms with van der Waals surface area (Å²) in [6.45, 7) is 1.95. The van der Waals surface area contributed by atoms with Gasteiger partial charge in [0.05, 0.1) is 5.92 Å². The minimum Gasteiger partial charge on any atom is -0.339 e. The molecule has 0 unspecified atom stereocenters. The van der Waals surface area contributed by atoms with Crippen LogP contribution in [0.1, 0.15) is 18.2 Å². The monoisotopic (exact) mass is 252 g/mol. The molecule has 0 amide bonds. The summed E-state index contributed by atoms with van der Waals surface area (Å²) in [6, 6.07) is 3.75. The van der Waals surface area contributed by atoms with E-state index in [9.17, 15) is 0 Å². The summed E-state index contributed by atoms with van der Waals surface area (Å²) in [5.41, 5.74) is 0.941. The number of nitrogens with one attached hydrogen (secondary N) is 1. The lowest BCUT2D eigenvalue weighted by Gasteiger charge is -1.98. The van der Waals surface area contributed by atoms with Crippen LogP contribution >= 0.6 is 12.4 Å². The second-order valence-corrected chi connectivity index (χ2v) is 3.88. The summed E-state index contributed by atoms with van der Waals surface area (Å²) in [7, 11) is 0. The summed E-state index contributed by atoms with van der Waals surface area (Å²) in [4.78, 5) is 8.38. The predicted octanol–water partition coefficient (Wildman–Crippen LogP) is 1.63. The molecule has 2 aromatic rings. The van der Waals surface area contributed by atoms with Crippen LogP contribution in [0.15, 0.2) is 29.0 Å². The predicted molar refractivity (Wildman–Crippen MR) is 65.0 cm³/mol. The molecule has 1 aliphatic rings. The molecule has 1 saturated heterocycles. The molecule has 3 heterocycles. The van der Waals surface area contributed by atoms with Gasteiger partial charge in [0.25, 0.3) is 0 Å². The first-order chi connectivity index (χ1) is 7.93. The zero-order chi connectivity index (χ0) is 10.8. The van der Waals surface area contributed by atoms with E-state index in [1.54, 1.807) is 12.4 Å². The Morgan fingerprint density at radius 1 is 1.29 bits per heavy atom. The number of hydrogen-bond donors (Lipinski definition) is 1. The molecule has 3 rings (SSSR count). The SMILES string of the molecule is Cl.c1cc(-c2noc([C@@H]3CCNC3)n2)ccn1. The van der Waals surface area contributed by atoms with Crippen molar-refractivity contribution < 1.29 is 4.52 Å². The van der Waals surface area contributed by atoms with E-state index in [0.29, 0.717) is 11.7 Å². The molecule has 0 saturated carbocycles. The lowest BCUT2D eigenvalue weighted by atomic mass is 10.1. The second kappa shape index (κ2) is 5.25. The second-order valence-electron chi connectivity index (χ2n) is 3.88. The van der Waals surface area contributed by atoms with Gasteiger partial charge in [-0.1, -0.05) is 5.16 Å². The van der Waals surface area contributed by atoms with Gasteiger partial charge in [-0.25, -0.2) is 0 Å². The Morgan fingerprint density at radius 3 is 2.82 bits per heavy atom. The van der Waals surface area contributed by atoms with Crippen LogP contribution in [0, 0.1) is 0 Å². The third kappa shape index (κ3) is 2.45. The number of halogens is 1. The summed E-state index contributed by atoms with van der Waals surface area (Å²) in [5.74, 6) is 1.74. The van der Waals surface area contributed by atoms with Crippen molar-refractivity contribution in [2.75, 3.05) is 13.1 Å². The Balaban J connectivity index is 0.00000108. The zero-order valence-electron chi connectivity index (χ0n) is 9.17. The van der Waals surface area contributed by atoms with E-state index in [2.05, 4.69) is 20.4 Å². The molecule has 1 fully saturated rings. The van der Waals surface area contributed by atoms with Gasteiger partial charge in [0.2, 0.25) is 11.7 Å². The molecule has 0 aliphatic carbocycles. The molecule has 1 aliphatic heterocycles. The largest absolute Gasteiger partial charge is 0.339 e. The smallest absolute Gasteiger partial charge is 0.231 e.